The topological polar surface area (TPSA) is 117 Å². The van der Waals surface area contributed by atoms with Crippen molar-refractivity contribution in [2.75, 3.05) is 12.4 Å². The highest BCUT2D eigenvalue weighted by molar-refractivity contribution is 6.40. The molecule has 2 aromatic rings. The van der Waals surface area contributed by atoms with Crippen LogP contribution in [0.4, 0.5) is 5.69 Å². The number of anilines is 1. The first kappa shape index (κ1) is 18.9. The lowest BCUT2D eigenvalue weighted by Gasteiger charge is -2.09. The second kappa shape index (κ2) is 8.63. The van der Waals surface area contributed by atoms with Crippen LogP contribution in [0, 0.1) is 0 Å². The van der Waals surface area contributed by atoms with Gasteiger partial charge in [0.05, 0.1) is 24.6 Å². The molecule has 8 nitrogen and oxygen atoms in total. The maximum absolute atomic E-state index is 11.9. The predicted molar refractivity (Wildman–Crippen MR) is 95.8 cm³/mol. The van der Waals surface area contributed by atoms with E-state index in [0.29, 0.717) is 10.8 Å². The molecule has 2 amide bonds. The molecule has 0 aliphatic heterocycles. The highest BCUT2D eigenvalue weighted by Crippen LogP contribution is 2.27. The van der Waals surface area contributed by atoms with Crippen LogP contribution in [0.25, 0.3) is 0 Å². The molecule has 0 unspecified atom stereocenters. The Bertz CT molecular complexity index is 882. The number of hydrogen-bond acceptors (Lipinski definition) is 5. The van der Waals surface area contributed by atoms with Gasteiger partial charge in [-0.3, -0.25) is 9.59 Å². The van der Waals surface area contributed by atoms with Crippen LogP contribution >= 0.6 is 11.6 Å². The van der Waals surface area contributed by atoms with Gasteiger partial charge in [0.15, 0.2) is 0 Å². The van der Waals surface area contributed by atoms with Crippen molar-refractivity contribution >= 4 is 41.3 Å². The quantitative estimate of drug-likeness (QED) is 0.420. The second-order valence-corrected chi connectivity index (χ2v) is 5.33. The number of nitrogens with one attached hydrogen (secondary N) is 2. The van der Waals surface area contributed by atoms with E-state index in [9.17, 15) is 14.4 Å². The van der Waals surface area contributed by atoms with Crippen molar-refractivity contribution < 1.29 is 24.2 Å². The van der Waals surface area contributed by atoms with E-state index in [4.69, 9.17) is 21.4 Å². The van der Waals surface area contributed by atoms with Crippen LogP contribution in [0.1, 0.15) is 15.9 Å². The van der Waals surface area contributed by atoms with Crippen LogP contribution in [0.3, 0.4) is 0 Å². The van der Waals surface area contributed by atoms with Gasteiger partial charge in [-0.2, -0.15) is 5.10 Å². The number of ether oxygens (including phenoxy) is 1. The summed E-state index contributed by atoms with van der Waals surface area (Å²) in [5.41, 5.74) is 2.53. The molecular formula is C17H14ClN3O5. The van der Waals surface area contributed by atoms with Crippen molar-refractivity contribution in [1.29, 1.82) is 0 Å². The second-order valence-electron chi connectivity index (χ2n) is 4.89. The minimum Gasteiger partial charge on any atom is -0.495 e. The van der Waals surface area contributed by atoms with E-state index in [-0.39, 0.29) is 16.8 Å². The van der Waals surface area contributed by atoms with Crippen LogP contribution in [-0.4, -0.2) is 36.2 Å². The van der Waals surface area contributed by atoms with E-state index in [1.54, 1.807) is 18.2 Å². The van der Waals surface area contributed by atoms with Gasteiger partial charge in [0.1, 0.15) is 5.75 Å². The molecule has 26 heavy (non-hydrogen) atoms. The molecule has 0 radical (unpaired) electrons. The number of carboxylic acid groups (broad SMARTS) is 1. The summed E-state index contributed by atoms with van der Waals surface area (Å²) in [6.45, 7) is 0. The van der Waals surface area contributed by atoms with Gasteiger partial charge in [-0.15, -0.1) is 0 Å². The number of amides is 2. The number of rotatable bonds is 5. The average molecular weight is 376 g/mol. The molecule has 0 saturated carbocycles. The zero-order chi connectivity index (χ0) is 19.1. The fourth-order valence-electron chi connectivity index (χ4n) is 1.97. The highest BCUT2D eigenvalue weighted by Gasteiger charge is 2.16. The van der Waals surface area contributed by atoms with Gasteiger partial charge >= 0.3 is 17.8 Å². The van der Waals surface area contributed by atoms with Gasteiger partial charge < -0.3 is 15.2 Å². The number of carbonyl (C=O) groups is 3. The number of carbonyl (C=O) groups excluding carboxylic acids is 2. The van der Waals surface area contributed by atoms with E-state index in [1.165, 1.54) is 31.4 Å². The molecule has 3 N–H and O–H groups in total. The standard InChI is InChI=1S/C17H14ClN3O5/c1-26-14-7-6-11(18)8-13(14)20-15(22)16(23)21-19-9-10-4-2-3-5-12(10)17(24)25/h2-9H,1H3,(H,20,22)(H,21,23)(H,24,25). The summed E-state index contributed by atoms with van der Waals surface area (Å²) < 4.78 is 5.07. The van der Waals surface area contributed by atoms with Crippen LogP contribution in [-0.2, 0) is 9.59 Å². The summed E-state index contributed by atoms with van der Waals surface area (Å²) in [6.07, 6.45) is 1.13. The molecule has 0 saturated heterocycles. The molecular weight excluding hydrogens is 362 g/mol. The summed E-state index contributed by atoms with van der Waals surface area (Å²) in [6, 6.07) is 10.6. The van der Waals surface area contributed by atoms with Gasteiger partial charge in [-0.1, -0.05) is 29.8 Å². The Labute approximate surface area is 153 Å². The Morgan fingerprint density at radius 1 is 1.15 bits per heavy atom. The van der Waals surface area contributed by atoms with E-state index in [2.05, 4.69) is 10.4 Å². The highest BCUT2D eigenvalue weighted by atomic mass is 35.5. The maximum atomic E-state index is 11.9. The summed E-state index contributed by atoms with van der Waals surface area (Å²) >= 11 is 5.85. The lowest BCUT2D eigenvalue weighted by molar-refractivity contribution is -0.136. The first-order valence-electron chi connectivity index (χ1n) is 7.22. The van der Waals surface area contributed by atoms with Gasteiger partial charge in [-0.25, -0.2) is 10.2 Å². The number of nitrogens with zero attached hydrogens (tertiary/aromatic N) is 1. The fraction of sp³-hybridized carbons (Fsp3) is 0.0588. The van der Waals surface area contributed by atoms with E-state index >= 15 is 0 Å². The number of hydrogen-bond donors (Lipinski definition) is 3. The summed E-state index contributed by atoms with van der Waals surface area (Å²) in [5, 5.41) is 15.4. The van der Waals surface area contributed by atoms with Crippen molar-refractivity contribution in [3.63, 3.8) is 0 Å². The third-order valence-electron chi connectivity index (χ3n) is 3.18. The number of carboxylic acids is 1. The molecule has 0 bridgehead atoms. The van der Waals surface area contributed by atoms with Crippen molar-refractivity contribution in [3.8, 4) is 5.75 Å². The SMILES string of the molecule is COc1ccc(Cl)cc1NC(=O)C(=O)NN=Cc1ccccc1C(=O)O. The van der Waals surface area contributed by atoms with Gasteiger partial charge in [-0.05, 0) is 24.3 Å². The normalized spacial score (nSPS) is 10.4. The third kappa shape index (κ3) is 4.81. The molecule has 0 aromatic heterocycles. The van der Waals surface area contributed by atoms with Crippen LogP contribution < -0.4 is 15.5 Å². The van der Waals surface area contributed by atoms with E-state index in [0.717, 1.165) is 6.21 Å². The predicted octanol–water partition coefficient (Wildman–Crippen LogP) is 2.14. The molecule has 0 spiro atoms. The number of aromatic carboxylic acids is 1. The van der Waals surface area contributed by atoms with Crippen molar-refractivity contribution in [3.05, 3.63) is 58.6 Å². The molecule has 0 aliphatic carbocycles. The molecule has 9 heteroatoms. The smallest absolute Gasteiger partial charge is 0.336 e. The molecule has 0 fully saturated rings. The molecule has 0 atom stereocenters. The number of methoxy groups -OCH3 is 1. The Morgan fingerprint density at radius 3 is 2.58 bits per heavy atom. The van der Waals surface area contributed by atoms with Gasteiger partial charge in [0.25, 0.3) is 0 Å². The molecule has 2 rings (SSSR count). The zero-order valence-corrected chi connectivity index (χ0v) is 14.3. The molecule has 2 aromatic carbocycles. The zero-order valence-electron chi connectivity index (χ0n) is 13.5. The largest absolute Gasteiger partial charge is 0.495 e. The van der Waals surface area contributed by atoms with Crippen LogP contribution in [0.2, 0.25) is 5.02 Å². The lowest BCUT2D eigenvalue weighted by Crippen LogP contribution is -2.32. The number of hydrazone groups is 1. The first-order chi connectivity index (χ1) is 12.4. The van der Waals surface area contributed by atoms with Crippen molar-refractivity contribution in [2.24, 2.45) is 5.10 Å². The Morgan fingerprint density at radius 2 is 1.88 bits per heavy atom. The van der Waals surface area contributed by atoms with Crippen LogP contribution in [0.5, 0.6) is 5.75 Å². The van der Waals surface area contributed by atoms with Gasteiger partial charge in [0.2, 0.25) is 0 Å². The maximum Gasteiger partial charge on any atom is 0.336 e. The Kier molecular flexibility index (Phi) is 6.29. The number of halogens is 1. The summed E-state index contributed by atoms with van der Waals surface area (Å²) in [7, 11) is 1.41. The Hall–Kier alpha value is -3.39. The lowest BCUT2D eigenvalue weighted by atomic mass is 10.1. The molecule has 0 heterocycles. The van der Waals surface area contributed by atoms with E-state index < -0.39 is 17.8 Å². The van der Waals surface area contributed by atoms with Gasteiger partial charge in [0, 0.05) is 10.6 Å². The first-order valence-corrected chi connectivity index (χ1v) is 7.60. The minimum atomic E-state index is -1.14. The average Bonchev–Trinajstić information content (AvgIpc) is 2.62. The minimum absolute atomic E-state index is 0.0126. The summed E-state index contributed by atoms with van der Waals surface area (Å²) in [4.78, 5) is 34.8. The monoisotopic (exact) mass is 375 g/mol. The molecule has 134 valence electrons. The van der Waals surface area contributed by atoms with Crippen LogP contribution in [0.15, 0.2) is 47.6 Å². The molecule has 0 aliphatic rings. The van der Waals surface area contributed by atoms with Crippen molar-refractivity contribution in [1.82, 2.24) is 5.43 Å². The fourth-order valence-corrected chi connectivity index (χ4v) is 2.14. The Balaban J connectivity index is 2.03. The van der Waals surface area contributed by atoms with E-state index in [1.807, 2.05) is 5.43 Å². The van der Waals surface area contributed by atoms with Crippen molar-refractivity contribution in [2.45, 2.75) is 0 Å². The third-order valence-corrected chi connectivity index (χ3v) is 3.41. The number of benzene rings is 2. The summed E-state index contributed by atoms with van der Waals surface area (Å²) in [5.74, 6) is -2.84.